The van der Waals surface area contributed by atoms with Crippen molar-refractivity contribution in [3.05, 3.63) is 28.2 Å². The number of anilines is 1. The Hall–Kier alpha value is -1.60. The fourth-order valence-corrected chi connectivity index (χ4v) is 1.97. The molecule has 2 amide bonds. The van der Waals surface area contributed by atoms with Gasteiger partial charge in [-0.3, -0.25) is 0 Å². The normalized spacial score (nSPS) is 11.7. The van der Waals surface area contributed by atoms with E-state index in [0.29, 0.717) is 5.69 Å². The first-order valence-corrected chi connectivity index (χ1v) is 6.28. The maximum Gasteiger partial charge on any atom is 0.328 e. The van der Waals surface area contributed by atoms with Crippen LogP contribution in [0.1, 0.15) is 5.56 Å². The number of methoxy groups -OCH3 is 1. The van der Waals surface area contributed by atoms with E-state index in [0.717, 1.165) is 10.0 Å². The molecule has 19 heavy (non-hydrogen) atoms. The van der Waals surface area contributed by atoms with Crippen LogP contribution in [0.15, 0.2) is 22.7 Å². The fourth-order valence-electron chi connectivity index (χ4n) is 1.38. The summed E-state index contributed by atoms with van der Waals surface area (Å²) in [4.78, 5) is 22.5. The molecular weight excluding hydrogens is 316 g/mol. The first kappa shape index (κ1) is 15.5. The molecule has 104 valence electrons. The first-order valence-electron chi connectivity index (χ1n) is 5.49. The highest BCUT2D eigenvalue weighted by molar-refractivity contribution is 9.10. The zero-order valence-corrected chi connectivity index (χ0v) is 12.2. The number of amides is 2. The molecule has 0 heterocycles. The van der Waals surface area contributed by atoms with Crippen molar-refractivity contribution in [3.8, 4) is 0 Å². The minimum Gasteiger partial charge on any atom is -0.480 e. The van der Waals surface area contributed by atoms with Crippen LogP contribution in [0, 0.1) is 6.92 Å². The molecule has 1 rings (SSSR count). The topological polar surface area (TPSA) is 87.7 Å². The van der Waals surface area contributed by atoms with E-state index in [1.807, 2.05) is 19.1 Å². The number of carboxylic acid groups (broad SMARTS) is 1. The van der Waals surface area contributed by atoms with Crippen molar-refractivity contribution < 1.29 is 19.4 Å². The molecule has 7 heteroatoms. The number of nitrogens with one attached hydrogen (secondary N) is 2. The Balaban J connectivity index is 2.66. The third kappa shape index (κ3) is 4.88. The summed E-state index contributed by atoms with van der Waals surface area (Å²) in [7, 11) is 1.37. The molecule has 0 bridgehead atoms. The van der Waals surface area contributed by atoms with Crippen LogP contribution in [-0.4, -0.2) is 36.9 Å². The minimum absolute atomic E-state index is 0.0994. The molecule has 0 aromatic heterocycles. The number of carboxylic acids is 1. The minimum atomic E-state index is -1.15. The highest BCUT2D eigenvalue weighted by Gasteiger charge is 2.19. The van der Waals surface area contributed by atoms with Crippen LogP contribution < -0.4 is 10.6 Å². The van der Waals surface area contributed by atoms with E-state index < -0.39 is 18.0 Å². The molecule has 1 atom stereocenters. The Bertz CT molecular complexity index is 479. The molecule has 0 aliphatic rings. The number of rotatable bonds is 5. The van der Waals surface area contributed by atoms with Crippen LogP contribution in [0.25, 0.3) is 0 Å². The number of aryl methyl sites for hydroxylation is 1. The SMILES string of the molecule is COCC(NC(=O)Nc1ccc(C)cc1Br)C(=O)O. The molecule has 1 unspecified atom stereocenters. The lowest BCUT2D eigenvalue weighted by Gasteiger charge is -2.15. The van der Waals surface area contributed by atoms with E-state index >= 15 is 0 Å². The summed E-state index contributed by atoms with van der Waals surface area (Å²) < 4.78 is 5.45. The highest BCUT2D eigenvalue weighted by Crippen LogP contribution is 2.23. The second-order valence-corrected chi connectivity index (χ2v) is 4.78. The maximum atomic E-state index is 11.7. The highest BCUT2D eigenvalue weighted by atomic mass is 79.9. The van der Waals surface area contributed by atoms with Crippen molar-refractivity contribution in [2.75, 3.05) is 19.0 Å². The van der Waals surface area contributed by atoms with Gasteiger partial charge in [-0.05, 0) is 40.5 Å². The zero-order valence-electron chi connectivity index (χ0n) is 10.6. The van der Waals surface area contributed by atoms with Crippen molar-refractivity contribution >= 4 is 33.6 Å². The first-order chi connectivity index (χ1) is 8.93. The number of ether oxygens (including phenoxy) is 1. The number of halogens is 1. The lowest BCUT2D eigenvalue weighted by Crippen LogP contribution is -2.45. The lowest BCUT2D eigenvalue weighted by molar-refractivity contribution is -0.140. The van der Waals surface area contributed by atoms with Gasteiger partial charge in [0.25, 0.3) is 0 Å². The van der Waals surface area contributed by atoms with Crippen LogP contribution in [-0.2, 0) is 9.53 Å². The average Bonchev–Trinajstić information content (AvgIpc) is 2.32. The van der Waals surface area contributed by atoms with Gasteiger partial charge in [-0.1, -0.05) is 6.07 Å². The number of carbonyl (C=O) groups excluding carboxylic acids is 1. The summed E-state index contributed by atoms with van der Waals surface area (Å²) >= 11 is 3.32. The van der Waals surface area contributed by atoms with Crippen LogP contribution in [0.3, 0.4) is 0 Å². The third-order valence-electron chi connectivity index (χ3n) is 2.31. The van der Waals surface area contributed by atoms with E-state index in [1.165, 1.54) is 7.11 Å². The number of urea groups is 1. The van der Waals surface area contributed by atoms with Crippen molar-refractivity contribution in [2.45, 2.75) is 13.0 Å². The van der Waals surface area contributed by atoms with Gasteiger partial charge in [0.2, 0.25) is 0 Å². The predicted octanol–water partition coefficient (Wildman–Crippen LogP) is 1.98. The van der Waals surface area contributed by atoms with Gasteiger partial charge < -0.3 is 20.5 Å². The zero-order chi connectivity index (χ0) is 14.4. The molecule has 3 N–H and O–H groups in total. The summed E-state index contributed by atoms with van der Waals surface area (Å²) in [6.45, 7) is 1.82. The van der Waals surface area contributed by atoms with Gasteiger partial charge in [0.1, 0.15) is 0 Å². The molecule has 0 saturated carbocycles. The molecule has 1 aromatic rings. The standard InChI is InChI=1S/C12H15BrN2O4/c1-7-3-4-9(8(13)5-7)14-12(18)15-10(6-19-2)11(16)17/h3-5,10H,6H2,1-2H3,(H,16,17)(H2,14,15,18). The lowest BCUT2D eigenvalue weighted by atomic mass is 10.2. The number of carbonyl (C=O) groups is 2. The van der Waals surface area contributed by atoms with Crippen molar-refractivity contribution in [2.24, 2.45) is 0 Å². The Morgan fingerprint density at radius 2 is 2.16 bits per heavy atom. The summed E-state index contributed by atoms with van der Waals surface area (Å²) in [5, 5.41) is 13.8. The van der Waals surface area contributed by atoms with E-state index in [2.05, 4.69) is 26.6 Å². The van der Waals surface area contributed by atoms with Gasteiger partial charge in [0, 0.05) is 11.6 Å². The Morgan fingerprint density at radius 1 is 1.47 bits per heavy atom. The Morgan fingerprint density at radius 3 is 2.68 bits per heavy atom. The smallest absolute Gasteiger partial charge is 0.328 e. The van der Waals surface area contributed by atoms with Crippen LogP contribution in [0.4, 0.5) is 10.5 Å². The predicted molar refractivity (Wildman–Crippen MR) is 74.3 cm³/mol. The molecule has 0 aliphatic carbocycles. The molecule has 6 nitrogen and oxygen atoms in total. The summed E-state index contributed by atoms with van der Waals surface area (Å²) in [5.74, 6) is -1.15. The van der Waals surface area contributed by atoms with Crippen LogP contribution >= 0.6 is 15.9 Å². The van der Waals surface area contributed by atoms with E-state index in [4.69, 9.17) is 9.84 Å². The maximum absolute atomic E-state index is 11.7. The molecule has 1 aromatic carbocycles. The van der Waals surface area contributed by atoms with E-state index in [9.17, 15) is 9.59 Å². The van der Waals surface area contributed by atoms with E-state index in [1.54, 1.807) is 6.07 Å². The van der Waals surface area contributed by atoms with Crippen molar-refractivity contribution in [1.29, 1.82) is 0 Å². The Labute approximate surface area is 119 Å². The molecular formula is C12H15BrN2O4. The van der Waals surface area contributed by atoms with Gasteiger partial charge >= 0.3 is 12.0 Å². The number of aliphatic carboxylic acids is 1. The number of hydrogen-bond acceptors (Lipinski definition) is 3. The van der Waals surface area contributed by atoms with Crippen molar-refractivity contribution in [3.63, 3.8) is 0 Å². The van der Waals surface area contributed by atoms with Crippen molar-refractivity contribution in [1.82, 2.24) is 5.32 Å². The summed E-state index contributed by atoms with van der Waals surface area (Å²) in [6.07, 6.45) is 0. The molecule has 0 fully saturated rings. The average molecular weight is 331 g/mol. The molecule has 0 saturated heterocycles. The molecule has 0 radical (unpaired) electrons. The third-order valence-corrected chi connectivity index (χ3v) is 2.97. The van der Waals surface area contributed by atoms with Gasteiger partial charge in [-0.2, -0.15) is 0 Å². The monoisotopic (exact) mass is 330 g/mol. The molecule has 0 aliphatic heterocycles. The van der Waals surface area contributed by atoms with Crippen LogP contribution in [0.2, 0.25) is 0 Å². The molecule has 0 spiro atoms. The largest absolute Gasteiger partial charge is 0.480 e. The van der Waals surface area contributed by atoms with Gasteiger partial charge in [0.15, 0.2) is 6.04 Å². The fraction of sp³-hybridized carbons (Fsp3) is 0.333. The van der Waals surface area contributed by atoms with Gasteiger partial charge in [0.05, 0.1) is 12.3 Å². The quantitative estimate of drug-likeness (QED) is 0.770. The second-order valence-electron chi connectivity index (χ2n) is 3.93. The van der Waals surface area contributed by atoms with Crippen LogP contribution in [0.5, 0.6) is 0 Å². The number of benzene rings is 1. The summed E-state index contributed by atoms with van der Waals surface area (Å²) in [6, 6.07) is 3.72. The summed E-state index contributed by atoms with van der Waals surface area (Å²) in [5.41, 5.74) is 1.60. The Kier molecular flexibility index (Phi) is 5.78. The second kappa shape index (κ2) is 7.10. The van der Waals surface area contributed by atoms with Gasteiger partial charge in [-0.15, -0.1) is 0 Å². The van der Waals surface area contributed by atoms with E-state index in [-0.39, 0.29) is 6.61 Å². The van der Waals surface area contributed by atoms with Gasteiger partial charge in [-0.25, -0.2) is 9.59 Å². The number of hydrogen-bond donors (Lipinski definition) is 3.